The van der Waals surface area contributed by atoms with E-state index >= 15 is 0 Å². The highest BCUT2D eigenvalue weighted by atomic mass is 16.5. The van der Waals surface area contributed by atoms with Gasteiger partial charge in [-0.25, -0.2) is 4.98 Å². The van der Waals surface area contributed by atoms with Crippen molar-refractivity contribution < 1.29 is 19.0 Å². The van der Waals surface area contributed by atoms with Gasteiger partial charge in [0, 0.05) is 0 Å². The van der Waals surface area contributed by atoms with Crippen molar-refractivity contribution in [3.63, 3.8) is 0 Å². The Balaban J connectivity index is 2.45. The predicted molar refractivity (Wildman–Crippen MR) is 76.2 cm³/mol. The van der Waals surface area contributed by atoms with Crippen LogP contribution in [0, 0.1) is 0 Å². The SMILES string of the molecule is CCOc1ccccc1C(=O)c1ncc(OC)nc1OC. The summed E-state index contributed by atoms with van der Waals surface area (Å²) in [4.78, 5) is 20.8. The summed E-state index contributed by atoms with van der Waals surface area (Å²) in [5.74, 6) is 0.586. The molecule has 0 atom stereocenters. The minimum absolute atomic E-state index is 0.116. The van der Waals surface area contributed by atoms with Gasteiger partial charge in [-0.2, -0.15) is 4.98 Å². The van der Waals surface area contributed by atoms with E-state index in [1.807, 2.05) is 6.92 Å². The standard InChI is InChI=1S/C15H16N2O4/c1-4-21-11-8-6-5-7-10(11)14(18)13-15(20-3)17-12(19-2)9-16-13/h5-9H,4H2,1-3H3. The van der Waals surface area contributed by atoms with Crippen molar-refractivity contribution in [1.82, 2.24) is 9.97 Å². The number of aromatic nitrogens is 2. The largest absolute Gasteiger partial charge is 0.493 e. The van der Waals surface area contributed by atoms with Gasteiger partial charge < -0.3 is 14.2 Å². The predicted octanol–water partition coefficient (Wildman–Crippen LogP) is 2.12. The monoisotopic (exact) mass is 288 g/mol. The van der Waals surface area contributed by atoms with Gasteiger partial charge in [0.15, 0.2) is 5.69 Å². The number of ketones is 1. The summed E-state index contributed by atoms with van der Waals surface area (Å²) in [6.07, 6.45) is 1.37. The fourth-order valence-corrected chi connectivity index (χ4v) is 1.82. The normalized spacial score (nSPS) is 10.0. The molecule has 0 radical (unpaired) electrons. The van der Waals surface area contributed by atoms with Crippen LogP contribution in [-0.4, -0.2) is 36.6 Å². The first kappa shape index (κ1) is 14.8. The molecule has 2 aromatic rings. The van der Waals surface area contributed by atoms with Crippen LogP contribution in [-0.2, 0) is 0 Å². The van der Waals surface area contributed by atoms with Crippen molar-refractivity contribution >= 4 is 5.78 Å². The molecule has 0 unspecified atom stereocenters. The molecule has 6 nitrogen and oxygen atoms in total. The van der Waals surface area contributed by atoms with Crippen LogP contribution in [0.25, 0.3) is 0 Å². The van der Waals surface area contributed by atoms with E-state index in [4.69, 9.17) is 14.2 Å². The zero-order chi connectivity index (χ0) is 15.2. The molecular weight excluding hydrogens is 272 g/mol. The smallest absolute Gasteiger partial charge is 0.247 e. The molecule has 1 heterocycles. The van der Waals surface area contributed by atoms with E-state index in [1.165, 1.54) is 20.4 Å². The second kappa shape index (κ2) is 6.69. The third-order valence-electron chi connectivity index (χ3n) is 2.77. The van der Waals surface area contributed by atoms with Crippen molar-refractivity contribution in [2.75, 3.05) is 20.8 Å². The molecule has 1 aromatic carbocycles. The molecule has 6 heteroatoms. The molecule has 1 aromatic heterocycles. The number of ether oxygens (including phenoxy) is 3. The molecule has 110 valence electrons. The van der Waals surface area contributed by atoms with Crippen LogP contribution in [0.5, 0.6) is 17.5 Å². The molecule has 0 fully saturated rings. The quantitative estimate of drug-likeness (QED) is 0.758. The summed E-state index contributed by atoms with van der Waals surface area (Å²) in [5.41, 5.74) is 0.530. The minimum atomic E-state index is -0.314. The summed E-state index contributed by atoms with van der Waals surface area (Å²) < 4.78 is 15.5. The summed E-state index contributed by atoms with van der Waals surface area (Å²) in [7, 11) is 2.89. The van der Waals surface area contributed by atoms with Crippen LogP contribution in [0.1, 0.15) is 23.0 Å². The number of rotatable bonds is 6. The lowest BCUT2D eigenvalue weighted by molar-refractivity contribution is 0.102. The van der Waals surface area contributed by atoms with Crippen molar-refractivity contribution in [2.24, 2.45) is 0 Å². The Morgan fingerprint density at radius 3 is 2.62 bits per heavy atom. The Bertz CT molecular complexity index is 643. The van der Waals surface area contributed by atoms with Gasteiger partial charge in [0.2, 0.25) is 17.5 Å². The van der Waals surface area contributed by atoms with Crippen molar-refractivity contribution in [2.45, 2.75) is 6.92 Å². The summed E-state index contributed by atoms with van der Waals surface area (Å²) in [5, 5.41) is 0. The minimum Gasteiger partial charge on any atom is -0.493 e. The fourth-order valence-electron chi connectivity index (χ4n) is 1.82. The molecule has 0 aliphatic rings. The van der Waals surface area contributed by atoms with Gasteiger partial charge in [-0.1, -0.05) is 12.1 Å². The van der Waals surface area contributed by atoms with Crippen molar-refractivity contribution in [3.8, 4) is 17.5 Å². The van der Waals surface area contributed by atoms with E-state index < -0.39 is 0 Å². The van der Waals surface area contributed by atoms with Crippen LogP contribution in [0.2, 0.25) is 0 Å². The number of carbonyl (C=O) groups excluding carboxylic acids is 1. The maximum absolute atomic E-state index is 12.6. The first-order valence-electron chi connectivity index (χ1n) is 6.42. The van der Waals surface area contributed by atoms with Gasteiger partial charge in [-0.15, -0.1) is 0 Å². The first-order valence-corrected chi connectivity index (χ1v) is 6.42. The highest BCUT2D eigenvalue weighted by Crippen LogP contribution is 2.25. The fraction of sp³-hybridized carbons (Fsp3) is 0.267. The van der Waals surface area contributed by atoms with E-state index in [2.05, 4.69) is 9.97 Å². The number of carbonyl (C=O) groups is 1. The van der Waals surface area contributed by atoms with E-state index in [0.717, 1.165) is 0 Å². The van der Waals surface area contributed by atoms with E-state index in [0.29, 0.717) is 17.9 Å². The topological polar surface area (TPSA) is 70.5 Å². The Hall–Kier alpha value is -2.63. The second-order valence-corrected chi connectivity index (χ2v) is 4.03. The van der Waals surface area contributed by atoms with Crippen LogP contribution in [0.15, 0.2) is 30.5 Å². The highest BCUT2D eigenvalue weighted by molar-refractivity contribution is 6.10. The molecule has 21 heavy (non-hydrogen) atoms. The zero-order valence-corrected chi connectivity index (χ0v) is 12.1. The van der Waals surface area contributed by atoms with Crippen LogP contribution in [0.4, 0.5) is 0 Å². The number of para-hydroxylation sites is 1. The zero-order valence-electron chi connectivity index (χ0n) is 12.1. The highest BCUT2D eigenvalue weighted by Gasteiger charge is 2.21. The Morgan fingerprint density at radius 2 is 1.95 bits per heavy atom. The number of benzene rings is 1. The molecule has 0 bridgehead atoms. The summed E-state index contributed by atoms with van der Waals surface area (Å²) >= 11 is 0. The molecular formula is C15H16N2O4. The summed E-state index contributed by atoms with van der Waals surface area (Å²) in [6, 6.07) is 6.98. The molecule has 0 N–H and O–H groups in total. The molecule has 0 amide bonds. The van der Waals surface area contributed by atoms with E-state index in [9.17, 15) is 4.79 Å². The Morgan fingerprint density at radius 1 is 1.19 bits per heavy atom. The maximum Gasteiger partial charge on any atom is 0.247 e. The molecule has 0 saturated heterocycles. The molecule has 0 spiro atoms. The van der Waals surface area contributed by atoms with E-state index in [-0.39, 0.29) is 23.2 Å². The van der Waals surface area contributed by atoms with Crippen molar-refractivity contribution in [3.05, 3.63) is 41.7 Å². The average molecular weight is 288 g/mol. The van der Waals surface area contributed by atoms with Crippen molar-refractivity contribution in [1.29, 1.82) is 0 Å². The lowest BCUT2D eigenvalue weighted by atomic mass is 10.1. The van der Waals surface area contributed by atoms with Gasteiger partial charge in [-0.05, 0) is 19.1 Å². The maximum atomic E-state index is 12.6. The van der Waals surface area contributed by atoms with Gasteiger partial charge in [-0.3, -0.25) is 4.79 Å². The third-order valence-corrected chi connectivity index (χ3v) is 2.77. The lowest BCUT2D eigenvalue weighted by Gasteiger charge is -2.10. The number of nitrogens with zero attached hydrogens (tertiary/aromatic N) is 2. The lowest BCUT2D eigenvalue weighted by Crippen LogP contribution is -2.10. The average Bonchev–Trinajstić information content (AvgIpc) is 2.54. The third kappa shape index (κ3) is 3.10. The molecule has 0 saturated carbocycles. The molecule has 0 aliphatic heterocycles. The van der Waals surface area contributed by atoms with Crippen LogP contribution in [0.3, 0.4) is 0 Å². The van der Waals surface area contributed by atoms with Gasteiger partial charge >= 0.3 is 0 Å². The number of hydrogen-bond acceptors (Lipinski definition) is 6. The Labute approximate surface area is 122 Å². The number of hydrogen-bond donors (Lipinski definition) is 0. The summed E-state index contributed by atoms with van der Waals surface area (Å²) in [6.45, 7) is 2.32. The van der Waals surface area contributed by atoms with E-state index in [1.54, 1.807) is 24.3 Å². The molecule has 2 rings (SSSR count). The van der Waals surface area contributed by atoms with Gasteiger partial charge in [0.1, 0.15) is 5.75 Å². The van der Waals surface area contributed by atoms with Crippen LogP contribution < -0.4 is 14.2 Å². The number of methoxy groups -OCH3 is 2. The molecule has 0 aliphatic carbocycles. The first-order chi connectivity index (χ1) is 10.2. The van der Waals surface area contributed by atoms with Gasteiger partial charge in [0.05, 0.1) is 32.6 Å². The van der Waals surface area contributed by atoms with Crippen LogP contribution >= 0.6 is 0 Å². The van der Waals surface area contributed by atoms with Gasteiger partial charge in [0.25, 0.3) is 0 Å². The Kier molecular flexibility index (Phi) is 4.71. The second-order valence-electron chi connectivity index (χ2n) is 4.03.